The molecule has 38 heavy (non-hydrogen) atoms. The number of carbonyl (C=O) groups excluding carboxylic acids is 5. The van der Waals surface area contributed by atoms with E-state index < -0.39 is 41.6 Å². The molecule has 204 valence electrons. The predicted molar refractivity (Wildman–Crippen MR) is 144 cm³/mol. The third kappa shape index (κ3) is 10.1. The van der Waals surface area contributed by atoms with Gasteiger partial charge in [-0.2, -0.15) is 0 Å². The van der Waals surface area contributed by atoms with Crippen molar-refractivity contribution in [2.24, 2.45) is 17.4 Å². The van der Waals surface area contributed by atoms with Gasteiger partial charge in [-0.3, -0.25) is 24.0 Å². The average Bonchev–Trinajstić information content (AvgIpc) is 2.92. The first kappa shape index (κ1) is 30.2. The summed E-state index contributed by atoms with van der Waals surface area (Å²) in [6.07, 6.45) is 1.33. The third-order valence-electron chi connectivity index (χ3n) is 6.17. The smallest absolute Gasteiger partial charge is 0.251 e. The molecule has 0 saturated heterocycles. The molecule has 0 saturated carbocycles. The Morgan fingerprint density at radius 1 is 0.816 bits per heavy atom. The number of primary amides is 1. The fourth-order valence-electron chi connectivity index (χ4n) is 3.97. The molecule has 0 aliphatic carbocycles. The van der Waals surface area contributed by atoms with Crippen LogP contribution in [0.4, 0.5) is 0 Å². The van der Waals surface area contributed by atoms with E-state index in [4.69, 9.17) is 11.5 Å². The number of amides is 4. The van der Waals surface area contributed by atoms with Crippen LogP contribution in [0.2, 0.25) is 0 Å². The van der Waals surface area contributed by atoms with Gasteiger partial charge in [0.25, 0.3) is 5.91 Å². The molecule has 0 bridgehead atoms. The minimum atomic E-state index is -1.22. The highest BCUT2D eigenvalue weighted by Gasteiger charge is 2.30. The Kier molecular flexibility index (Phi) is 12.7. The quantitative estimate of drug-likeness (QED) is 0.204. The number of hydrogen-bond donors (Lipinski definition) is 5. The number of unbranched alkanes of at least 4 members (excludes halogenated alkanes) is 1. The molecule has 0 aliphatic rings. The van der Waals surface area contributed by atoms with Gasteiger partial charge in [0.15, 0.2) is 5.78 Å². The van der Waals surface area contributed by atoms with Crippen LogP contribution in [-0.4, -0.2) is 55.1 Å². The van der Waals surface area contributed by atoms with Crippen LogP contribution in [0.3, 0.4) is 0 Å². The fraction of sp³-hybridized carbons (Fsp3) is 0.393. The Morgan fingerprint density at radius 3 is 2.03 bits per heavy atom. The van der Waals surface area contributed by atoms with Gasteiger partial charge in [0.2, 0.25) is 17.7 Å². The molecule has 10 nitrogen and oxygen atoms in total. The molecule has 0 aliphatic heterocycles. The molecule has 0 unspecified atom stereocenters. The van der Waals surface area contributed by atoms with Crippen LogP contribution >= 0.6 is 0 Å². The number of carbonyl (C=O) groups is 5. The second kappa shape index (κ2) is 15.9. The number of benzene rings is 2. The van der Waals surface area contributed by atoms with Gasteiger partial charge in [-0.15, -0.1) is 0 Å². The predicted octanol–water partition coefficient (Wildman–Crippen LogP) is 0.838. The van der Waals surface area contributed by atoms with E-state index in [0.717, 1.165) is 5.56 Å². The van der Waals surface area contributed by atoms with Crippen molar-refractivity contribution in [3.05, 3.63) is 71.8 Å². The molecular weight excluding hydrogens is 486 g/mol. The SMILES string of the molecule is CNC(=O)C[C@H](NC(=O)[C@H](CCCCN)CC(=O)[C@H](Cc1ccccc1)NC(=O)c1ccccc1)C(N)=O. The van der Waals surface area contributed by atoms with Crippen molar-refractivity contribution in [2.75, 3.05) is 13.6 Å². The number of nitrogens with one attached hydrogen (secondary N) is 3. The molecule has 7 N–H and O–H groups in total. The van der Waals surface area contributed by atoms with E-state index in [0.29, 0.717) is 31.4 Å². The number of ketones is 1. The molecule has 0 heterocycles. The first-order chi connectivity index (χ1) is 18.2. The van der Waals surface area contributed by atoms with Gasteiger partial charge in [-0.1, -0.05) is 55.0 Å². The highest BCUT2D eigenvalue weighted by atomic mass is 16.2. The van der Waals surface area contributed by atoms with Crippen LogP contribution in [-0.2, 0) is 25.6 Å². The zero-order chi connectivity index (χ0) is 27.9. The fourth-order valence-corrected chi connectivity index (χ4v) is 3.97. The Morgan fingerprint density at radius 2 is 1.45 bits per heavy atom. The van der Waals surface area contributed by atoms with E-state index in [1.165, 1.54) is 7.05 Å². The van der Waals surface area contributed by atoms with Crippen molar-refractivity contribution in [1.29, 1.82) is 0 Å². The van der Waals surface area contributed by atoms with Crippen LogP contribution in [0.15, 0.2) is 60.7 Å². The normalized spacial score (nSPS) is 13.0. The zero-order valence-corrected chi connectivity index (χ0v) is 21.7. The molecular formula is C28H37N5O5. The van der Waals surface area contributed by atoms with E-state index in [9.17, 15) is 24.0 Å². The summed E-state index contributed by atoms with van der Waals surface area (Å²) in [5.74, 6) is -3.40. The van der Waals surface area contributed by atoms with Crippen molar-refractivity contribution in [1.82, 2.24) is 16.0 Å². The van der Waals surface area contributed by atoms with Gasteiger partial charge >= 0.3 is 0 Å². The number of hydrogen-bond acceptors (Lipinski definition) is 6. The summed E-state index contributed by atoms with van der Waals surface area (Å²) in [5, 5.41) is 7.73. The summed E-state index contributed by atoms with van der Waals surface area (Å²) in [6, 6.07) is 15.7. The zero-order valence-electron chi connectivity index (χ0n) is 21.7. The second-order valence-corrected chi connectivity index (χ2v) is 9.07. The lowest BCUT2D eigenvalue weighted by molar-refractivity contribution is -0.134. The van der Waals surface area contributed by atoms with Crippen LogP contribution in [0.1, 0.15) is 48.0 Å². The van der Waals surface area contributed by atoms with E-state index in [2.05, 4.69) is 16.0 Å². The Hall–Kier alpha value is -4.05. The Labute approximate surface area is 222 Å². The van der Waals surface area contributed by atoms with Crippen molar-refractivity contribution in [3.63, 3.8) is 0 Å². The van der Waals surface area contributed by atoms with Crippen LogP contribution < -0.4 is 27.4 Å². The summed E-state index contributed by atoms with van der Waals surface area (Å²) >= 11 is 0. The third-order valence-corrected chi connectivity index (χ3v) is 6.17. The molecule has 0 spiro atoms. The van der Waals surface area contributed by atoms with E-state index in [1.54, 1.807) is 30.3 Å². The van der Waals surface area contributed by atoms with Crippen LogP contribution in [0.25, 0.3) is 0 Å². The molecule has 0 aromatic heterocycles. The first-order valence-electron chi connectivity index (χ1n) is 12.7. The largest absolute Gasteiger partial charge is 0.368 e. The van der Waals surface area contributed by atoms with Crippen molar-refractivity contribution >= 4 is 29.4 Å². The Bertz CT molecular complexity index is 1080. The summed E-state index contributed by atoms with van der Waals surface area (Å²) in [5.41, 5.74) is 12.3. The molecule has 4 amide bonds. The second-order valence-electron chi connectivity index (χ2n) is 9.07. The van der Waals surface area contributed by atoms with E-state index in [1.807, 2.05) is 30.3 Å². The standard InChI is InChI=1S/C28H37N5O5/c1-31-25(35)18-23(26(30)36)33-28(38)21(14-8-9-15-29)17-24(34)22(16-19-10-4-2-5-11-19)32-27(37)20-12-6-3-7-13-20/h2-7,10-13,21-23H,8-9,14-18,29H2,1H3,(H2,30,36)(H,31,35)(H,32,37)(H,33,38)/t21-,22+,23+/m1/s1. The van der Waals surface area contributed by atoms with Gasteiger partial charge < -0.3 is 27.4 Å². The molecule has 2 aromatic carbocycles. The number of Topliss-reactive ketones (excluding diaryl/α,β-unsaturated/α-hetero) is 1. The van der Waals surface area contributed by atoms with Gasteiger partial charge in [0.05, 0.1) is 12.5 Å². The van der Waals surface area contributed by atoms with Crippen molar-refractivity contribution < 1.29 is 24.0 Å². The first-order valence-corrected chi connectivity index (χ1v) is 12.7. The van der Waals surface area contributed by atoms with Gasteiger partial charge in [0.1, 0.15) is 6.04 Å². The highest BCUT2D eigenvalue weighted by Crippen LogP contribution is 2.17. The van der Waals surface area contributed by atoms with Crippen LogP contribution in [0.5, 0.6) is 0 Å². The van der Waals surface area contributed by atoms with Gasteiger partial charge in [0, 0.05) is 24.9 Å². The minimum absolute atomic E-state index is 0.172. The van der Waals surface area contributed by atoms with E-state index in [-0.39, 0.29) is 25.0 Å². The maximum Gasteiger partial charge on any atom is 0.251 e. The van der Waals surface area contributed by atoms with Crippen molar-refractivity contribution in [3.8, 4) is 0 Å². The van der Waals surface area contributed by atoms with Gasteiger partial charge in [-0.25, -0.2) is 0 Å². The highest BCUT2D eigenvalue weighted by molar-refractivity contribution is 5.99. The van der Waals surface area contributed by atoms with Gasteiger partial charge in [-0.05, 0) is 43.5 Å². The number of nitrogens with two attached hydrogens (primary N) is 2. The van der Waals surface area contributed by atoms with Crippen LogP contribution in [0, 0.1) is 5.92 Å². The maximum absolute atomic E-state index is 13.5. The summed E-state index contributed by atoms with van der Waals surface area (Å²) < 4.78 is 0. The Balaban J connectivity index is 2.23. The minimum Gasteiger partial charge on any atom is -0.368 e. The molecule has 2 rings (SSSR count). The summed E-state index contributed by atoms with van der Waals surface area (Å²) in [7, 11) is 1.41. The lowest BCUT2D eigenvalue weighted by atomic mass is 9.90. The molecule has 10 heteroatoms. The van der Waals surface area contributed by atoms with Crippen molar-refractivity contribution in [2.45, 2.75) is 50.6 Å². The average molecular weight is 524 g/mol. The molecule has 0 fully saturated rings. The lowest BCUT2D eigenvalue weighted by Crippen LogP contribution is -2.49. The summed E-state index contributed by atoms with van der Waals surface area (Å²) in [4.78, 5) is 63.2. The monoisotopic (exact) mass is 523 g/mol. The van der Waals surface area contributed by atoms with E-state index >= 15 is 0 Å². The molecule has 0 radical (unpaired) electrons. The number of rotatable bonds is 16. The lowest BCUT2D eigenvalue weighted by Gasteiger charge is -2.23. The maximum atomic E-state index is 13.5. The molecule has 2 aromatic rings. The molecule has 3 atom stereocenters. The summed E-state index contributed by atoms with van der Waals surface area (Å²) in [6.45, 7) is 0.423. The topological polar surface area (TPSA) is 173 Å².